The van der Waals surface area contributed by atoms with Crippen LogP contribution < -0.4 is 10.6 Å². The minimum absolute atomic E-state index is 0.435. The lowest BCUT2D eigenvalue weighted by atomic mass is 10.0. The van der Waals surface area contributed by atoms with Crippen molar-refractivity contribution in [2.24, 2.45) is 0 Å². The van der Waals surface area contributed by atoms with Crippen LogP contribution in [0.3, 0.4) is 0 Å². The molecule has 1 unspecified atom stereocenters. The molecule has 26 heavy (non-hydrogen) atoms. The van der Waals surface area contributed by atoms with Gasteiger partial charge in [0.15, 0.2) is 0 Å². The summed E-state index contributed by atoms with van der Waals surface area (Å²) in [5, 5.41) is 27.4. The van der Waals surface area contributed by atoms with Gasteiger partial charge < -0.3 is 20.1 Å². The van der Waals surface area contributed by atoms with Crippen molar-refractivity contribution in [3.8, 4) is 0 Å². The summed E-state index contributed by atoms with van der Waals surface area (Å²) in [5.74, 6) is 0.682. The number of hydrogen-bond acceptors (Lipinski definition) is 6. The van der Waals surface area contributed by atoms with Gasteiger partial charge in [0.25, 0.3) is 0 Å². The Hall–Kier alpha value is -2.48. The second kappa shape index (κ2) is 7.03. The molecule has 0 aromatic carbocycles. The Kier molecular flexibility index (Phi) is 4.95. The molecule has 0 saturated carbocycles. The monoisotopic (exact) mass is 355 g/mol. The normalized spacial score (nSPS) is 13.2. The van der Waals surface area contributed by atoms with E-state index in [0.29, 0.717) is 18.1 Å². The van der Waals surface area contributed by atoms with Crippen molar-refractivity contribution >= 4 is 22.4 Å². The van der Waals surface area contributed by atoms with Crippen molar-refractivity contribution in [1.29, 1.82) is 0 Å². The molecule has 0 aliphatic rings. The lowest BCUT2D eigenvalue weighted by Gasteiger charge is -2.22. The SMILES string of the molecule is CNC(O)Cn1ccc2c(Nc3c(C)ccnc3C(C)(C)O)nccc21. The zero-order chi connectivity index (χ0) is 18.9. The van der Waals surface area contributed by atoms with Gasteiger partial charge in [-0.15, -0.1) is 0 Å². The van der Waals surface area contributed by atoms with Crippen LogP contribution in [0.2, 0.25) is 0 Å². The third-order valence-electron chi connectivity index (χ3n) is 4.38. The van der Waals surface area contributed by atoms with E-state index in [9.17, 15) is 10.2 Å². The first-order valence-electron chi connectivity index (χ1n) is 8.56. The van der Waals surface area contributed by atoms with Gasteiger partial charge in [0.1, 0.15) is 17.6 Å². The number of aliphatic hydroxyl groups is 2. The summed E-state index contributed by atoms with van der Waals surface area (Å²) in [5.41, 5.74) is 2.18. The predicted molar refractivity (Wildman–Crippen MR) is 102 cm³/mol. The largest absolute Gasteiger partial charge is 0.384 e. The third-order valence-corrected chi connectivity index (χ3v) is 4.38. The number of nitrogens with one attached hydrogen (secondary N) is 2. The Labute approximate surface area is 152 Å². The quantitative estimate of drug-likeness (QED) is 0.507. The van der Waals surface area contributed by atoms with Gasteiger partial charge in [-0.3, -0.25) is 10.3 Å². The smallest absolute Gasteiger partial charge is 0.139 e. The van der Waals surface area contributed by atoms with Crippen LogP contribution in [0.25, 0.3) is 10.9 Å². The fraction of sp³-hybridized carbons (Fsp3) is 0.368. The van der Waals surface area contributed by atoms with Crippen LogP contribution in [0, 0.1) is 6.92 Å². The summed E-state index contributed by atoms with van der Waals surface area (Å²) in [6, 6.07) is 5.77. The van der Waals surface area contributed by atoms with E-state index in [4.69, 9.17) is 0 Å². The molecular formula is C19H25N5O2. The van der Waals surface area contributed by atoms with Crippen LogP contribution in [0.5, 0.6) is 0 Å². The summed E-state index contributed by atoms with van der Waals surface area (Å²) in [6.45, 7) is 5.82. The van der Waals surface area contributed by atoms with Gasteiger partial charge in [-0.2, -0.15) is 0 Å². The van der Waals surface area contributed by atoms with E-state index >= 15 is 0 Å². The highest BCUT2D eigenvalue weighted by molar-refractivity contribution is 5.92. The maximum atomic E-state index is 10.5. The number of aliphatic hydroxyl groups excluding tert-OH is 1. The lowest BCUT2D eigenvalue weighted by Crippen LogP contribution is -2.29. The van der Waals surface area contributed by atoms with E-state index in [2.05, 4.69) is 20.6 Å². The molecule has 0 amide bonds. The van der Waals surface area contributed by atoms with Crippen LogP contribution >= 0.6 is 0 Å². The number of aromatic nitrogens is 3. The molecule has 3 aromatic rings. The van der Waals surface area contributed by atoms with Gasteiger partial charge in [-0.25, -0.2) is 4.98 Å². The maximum Gasteiger partial charge on any atom is 0.139 e. The minimum Gasteiger partial charge on any atom is -0.384 e. The molecule has 0 radical (unpaired) electrons. The highest BCUT2D eigenvalue weighted by Crippen LogP contribution is 2.32. The lowest BCUT2D eigenvalue weighted by molar-refractivity contribution is 0.0746. The van der Waals surface area contributed by atoms with Crippen LogP contribution in [0.1, 0.15) is 25.1 Å². The number of likely N-dealkylation sites (N-methyl/N-ethyl adjacent to an activating group) is 1. The second-order valence-electron chi connectivity index (χ2n) is 6.90. The summed E-state index contributed by atoms with van der Waals surface area (Å²) in [7, 11) is 1.72. The van der Waals surface area contributed by atoms with Gasteiger partial charge in [0.2, 0.25) is 0 Å². The van der Waals surface area contributed by atoms with E-state index in [1.807, 2.05) is 35.9 Å². The van der Waals surface area contributed by atoms with Gasteiger partial charge in [-0.1, -0.05) is 0 Å². The van der Waals surface area contributed by atoms with Crippen molar-refractivity contribution in [2.75, 3.05) is 12.4 Å². The predicted octanol–water partition coefficient (Wildman–Crippen LogP) is 2.25. The van der Waals surface area contributed by atoms with Gasteiger partial charge in [-0.05, 0) is 51.6 Å². The number of fused-ring (bicyclic) bond motifs is 1. The summed E-state index contributed by atoms with van der Waals surface area (Å²) in [6.07, 6.45) is 4.71. The van der Waals surface area contributed by atoms with Crippen molar-refractivity contribution in [2.45, 2.75) is 39.1 Å². The van der Waals surface area contributed by atoms with Crippen LogP contribution in [-0.4, -0.2) is 38.0 Å². The molecule has 0 saturated heterocycles. The highest BCUT2D eigenvalue weighted by atomic mass is 16.3. The first-order valence-corrected chi connectivity index (χ1v) is 8.56. The molecule has 0 aliphatic heterocycles. The number of pyridine rings is 2. The Morgan fingerprint density at radius 2 is 1.92 bits per heavy atom. The number of anilines is 2. The number of hydrogen-bond donors (Lipinski definition) is 4. The molecule has 1 atom stereocenters. The van der Waals surface area contributed by atoms with Crippen molar-refractivity contribution in [1.82, 2.24) is 19.9 Å². The summed E-state index contributed by atoms with van der Waals surface area (Å²) in [4.78, 5) is 8.82. The van der Waals surface area contributed by atoms with Gasteiger partial charge in [0, 0.05) is 24.0 Å². The molecule has 3 heterocycles. The van der Waals surface area contributed by atoms with Gasteiger partial charge >= 0.3 is 0 Å². The summed E-state index contributed by atoms with van der Waals surface area (Å²) >= 11 is 0. The van der Waals surface area contributed by atoms with Crippen molar-refractivity contribution in [3.05, 3.63) is 48.0 Å². The molecule has 4 N–H and O–H groups in total. The molecule has 0 spiro atoms. The highest BCUT2D eigenvalue weighted by Gasteiger charge is 2.23. The first-order chi connectivity index (χ1) is 12.3. The number of aryl methyl sites for hydroxylation is 1. The second-order valence-corrected chi connectivity index (χ2v) is 6.90. The molecule has 0 bridgehead atoms. The molecular weight excluding hydrogens is 330 g/mol. The standard InChI is InChI=1S/C19H25N5O2/c1-12-5-8-21-17(19(2,3)26)16(12)23-18-13-7-10-24(11-15(25)20-4)14(13)6-9-22-18/h5-10,15,20,25-26H,11H2,1-4H3,(H,22,23). The first kappa shape index (κ1) is 18.3. The number of nitrogens with zero attached hydrogens (tertiary/aromatic N) is 3. The Balaban J connectivity index is 2.04. The van der Waals surface area contributed by atoms with Crippen molar-refractivity contribution < 1.29 is 10.2 Å². The van der Waals surface area contributed by atoms with Gasteiger partial charge in [0.05, 0.1) is 23.4 Å². The van der Waals surface area contributed by atoms with E-state index < -0.39 is 11.8 Å². The fourth-order valence-electron chi connectivity index (χ4n) is 2.96. The average molecular weight is 355 g/mol. The summed E-state index contributed by atoms with van der Waals surface area (Å²) < 4.78 is 1.97. The van der Waals surface area contributed by atoms with E-state index in [1.54, 1.807) is 33.3 Å². The molecule has 7 heteroatoms. The zero-order valence-corrected chi connectivity index (χ0v) is 15.5. The van der Waals surface area contributed by atoms with E-state index in [0.717, 1.165) is 22.2 Å². The zero-order valence-electron chi connectivity index (χ0n) is 15.5. The molecule has 7 nitrogen and oxygen atoms in total. The third kappa shape index (κ3) is 3.55. The van der Waals surface area contributed by atoms with E-state index in [1.165, 1.54) is 0 Å². The van der Waals surface area contributed by atoms with Crippen LogP contribution in [0.15, 0.2) is 36.8 Å². The maximum absolute atomic E-state index is 10.5. The molecule has 0 fully saturated rings. The Morgan fingerprint density at radius 3 is 2.62 bits per heavy atom. The molecule has 3 aromatic heterocycles. The average Bonchev–Trinajstić information content (AvgIpc) is 2.99. The Bertz CT molecular complexity index is 914. The van der Waals surface area contributed by atoms with Crippen LogP contribution in [0.4, 0.5) is 11.5 Å². The Morgan fingerprint density at radius 1 is 1.19 bits per heavy atom. The molecule has 3 rings (SSSR count). The molecule has 0 aliphatic carbocycles. The van der Waals surface area contributed by atoms with E-state index in [-0.39, 0.29) is 0 Å². The topological polar surface area (TPSA) is 95.2 Å². The molecule has 138 valence electrons. The fourth-order valence-corrected chi connectivity index (χ4v) is 2.96. The number of rotatable bonds is 6. The van der Waals surface area contributed by atoms with Crippen molar-refractivity contribution in [3.63, 3.8) is 0 Å². The van der Waals surface area contributed by atoms with Crippen LogP contribution in [-0.2, 0) is 12.1 Å². The minimum atomic E-state index is -1.08.